The molecular formula is C22H33N5O6S. The smallest absolute Gasteiger partial charge is 0.354 e. The zero-order valence-corrected chi connectivity index (χ0v) is 21.3. The van der Waals surface area contributed by atoms with Crippen molar-refractivity contribution in [2.75, 3.05) is 11.6 Å². The Bertz CT molecular complexity index is 1090. The van der Waals surface area contributed by atoms with Crippen LogP contribution in [0.15, 0.2) is 17.3 Å². The lowest BCUT2D eigenvalue weighted by Crippen LogP contribution is -2.16. The first-order valence-electron chi connectivity index (χ1n) is 10.8. The normalized spacial score (nSPS) is 11.4. The van der Waals surface area contributed by atoms with Crippen LogP contribution in [0.3, 0.4) is 0 Å². The van der Waals surface area contributed by atoms with E-state index in [2.05, 4.69) is 39.1 Å². The standard InChI is InChI=1S/C12H19N3O2.C10H14N2O4S/c1-7(2)5-9-6-10(11(16)17)15-12(14-9)13-8(3)4;1-6(2)4-7-5-8(9(13)14)12-10(11-7)17(3,15)16/h6-8H,5H2,1-4H3,(H,16,17)(H,13,14,15);5-6H,4H2,1-3H3,(H,13,14). The summed E-state index contributed by atoms with van der Waals surface area (Å²) in [6.07, 6.45) is 2.20. The highest BCUT2D eigenvalue weighted by Crippen LogP contribution is 2.12. The number of carboxylic acid groups (broad SMARTS) is 2. The molecule has 0 saturated heterocycles. The van der Waals surface area contributed by atoms with Gasteiger partial charge >= 0.3 is 11.9 Å². The summed E-state index contributed by atoms with van der Waals surface area (Å²) in [5.74, 6) is -1.22. The Morgan fingerprint density at radius 3 is 1.65 bits per heavy atom. The molecule has 0 aliphatic carbocycles. The minimum absolute atomic E-state index is 0.0406. The van der Waals surface area contributed by atoms with Crippen LogP contribution in [0.1, 0.15) is 73.9 Å². The zero-order valence-electron chi connectivity index (χ0n) is 20.5. The topological polar surface area (TPSA) is 172 Å². The Balaban J connectivity index is 0.000000340. The summed E-state index contributed by atoms with van der Waals surface area (Å²) in [5, 5.41) is 20.4. The molecule has 2 rings (SSSR count). The number of anilines is 1. The highest BCUT2D eigenvalue weighted by atomic mass is 32.2. The van der Waals surface area contributed by atoms with Crippen molar-refractivity contribution in [3.63, 3.8) is 0 Å². The fourth-order valence-corrected chi connectivity index (χ4v) is 3.27. The Morgan fingerprint density at radius 1 is 0.824 bits per heavy atom. The summed E-state index contributed by atoms with van der Waals surface area (Å²) >= 11 is 0. The van der Waals surface area contributed by atoms with Gasteiger partial charge in [0.2, 0.25) is 20.9 Å². The predicted molar refractivity (Wildman–Crippen MR) is 127 cm³/mol. The first kappa shape index (κ1) is 28.9. The van der Waals surface area contributed by atoms with Crippen LogP contribution in [0.25, 0.3) is 0 Å². The molecule has 0 amide bonds. The van der Waals surface area contributed by atoms with Gasteiger partial charge in [0.25, 0.3) is 0 Å². The molecule has 0 aliphatic heterocycles. The van der Waals surface area contributed by atoms with Gasteiger partial charge in [-0.25, -0.2) is 37.9 Å². The van der Waals surface area contributed by atoms with Crippen LogP contribution in [-0.4, -0.2) is 62.8 Å². The lowest BCUT2D eigenvalue weighted by atomic mass is 10.1. The number of nitrogens with zero attached hydrogens (tertiary/aromatic N) is 4. The number of carbonyl (C=O) groups is 2. The summed E-state index contributed by atoms with van der Waals surface area (Å²) in [6, 6.07) is 3.01. The largest absolute Gasteiger partial charge is 0.477 e. The van der Waals surface area contributed by atoms with Crippen LogP contribution in [0.2, 0.25) is 0 Å². The third-order valence-corrected chi connectivity index (χ3v) is 4.81. The molecule has 11 nitrogen and oxygen atoms in total. The molecule has 0 saturated carbocycles. The van der Waals surface area contributed by atoms with E-state index in [1.54, 1.807) is 0 Å². The maximum Gasteiger partial charge on any atom is 0.354 e. The summed E-state index contributed by atoms with van der Waals surface area (Å²) in [6.45, 7) is 11.9. The highest BCUT2D eigenvalue weighted by Gasteiger charge is 2.17. The van der Waals surface area contributed by atoms with Gasteiger partial charge in [-0.3, -0.25) is 0 Å². The van der Waals surface area contributed by atoms with E-state index in [1.165, 1.54) is 12.1 Å². The minimum atomic E-state index is -3.60. The quantitative estimate of drug-likeness (QED) is 0.436. The van der Waals surface area contributed by atoms with Crippen LogP contribution in [0.5, 0.6) is 0 Å². The maximum atomic E-state index is 11.3. The molecule has 34 heavy (non-hydrogen) atoms. The van der Waals surface area contributed by atoms with Crippen molar-refractivity contribution in [1.82, 2.24) is 19.9 Å². The SMILES string of the molecule is CC(C)Cc1cc(C(=O)O)nc(NC(C)C)n1.CC(C)Cc1cc(C(=O)O)nc(S(C)(=O)=O)n1. The first-order chi connectivity index (χ1) is 15.6. The summed E-state index contributed by atoms with van der Waals surface area (Å²) in [5.41, 5.74) is 0.929. The van der Waals surface area contributed by atoms with Crippen LogP contribution < -0.4 is 5.32 Å². The third-order valence-electron chi connectivity index (χ3n) is 3.96. The van der Waals surface area contributed by atoms with Crippen molar-refractivity contribution in [2.45, 2.75) is 65.6 Å². The zero-order chi connectivity index (χ0) is 26.2. The second-order valence-corrected chi connectivity index (χ2v) is 10.9. The van der Waals surface area contributed by atoms with Crippen molar-refractivity contribution in [3.8, 4) is 0 Å². The highest BCUT2D eigenvalue weighted by molar-refractivity contribution is 7.90. The molecule has 2 aromatic heterocycles. The molecule has 12 heteroatoms. The summed E-state index contributed by atoms with van der Waals surface area (Å²) < 4.78 is 22.7. The van der Waals surface area contributed by atoms with E-state index in [0.29, 0.717) is 24.0 Å². The van der Waals surface area contributed by atoms with Crippen LogP contribution in [0.4, 0.5) is 5.95 Å². The average molecular weight is 496 g/mol. The van der Waals surface area contributed by atoms with Crippen LogP contribution in [0, 0.1) is 11.8 Å². The Labute approximate surface area is 200 Å². The number of aromatic nitrogens is 4. The number of hydrogen-bond donors (Lipinski definition) is 3. The van der Waals surface area contributed by atoms with Crippen molar-refractivity contribution in [2.24, 2.45) is 11.8 Å². The molecule has 0 spiro atoms. The van der Waals surface area contributed by atoms with E-state index >= 15 is 0 Å². The fourth-order valence-electron chi connectivity index (χ4n) is 2.72. The van der Waals surface area contributed by atoms with Crippen molar-refractivity contribution >= 4 is 27.7 Å². The summed E-state index contributed by atoms with van der Waals surface area (Å²) in [4.78, 5) is 37.4. The first-order valence-corrected chi connectivity index (χ1v) is 12.7. The molecule has 0 atom stereocenters. The minimum Gasteiger partial charge on any atom is -0.477 e. The Hall–Kier alpha value is -3.15. The summed E-state index contributed by atoms with van der Waals surface area (Å²) in [7, 11) is -3.60. The van der Waals surface area contributed by atoms with Crippen LogP contribution in [-0.2, 0) is 22.7 Å². The average Bonchev–Trinajstić information content (AvgIpc) is 2.65. The lowest BCUT2D eigenvalue weighted by Gasteiger charge is -2.11. The number of hydrogen-bond acceptors (Lipinski definition) is 9. The van der Waals surface area contributed by atoms with Gasteiger partial charge in [0.15, 0.2) is 11.4 Å². The maximum absolute atomic E-state index is 11.3. The number of carboxylic acids is 2. The van der Waals surface area contributed by atoms with Gasteiger partial charge in [-0.05, 0) is 50.7 Å². The predicted octanol–water partition coefficient (Wildman–Crippen LogP) is 2.97. The number of rotatable bonds is 9. The molecule has 3 N–H and O–H groups in total. The molecule has 188 valence electrons. The van der Waals surface area contributed by atoms with E-state index < -0.39 is 26.9 Å². The van der Waals surface area contributed by atoms with Crippen molar-refractivity contribution in [1.29, 1.82) is 0 Å². The van der Waals surface area contributed by atoms with E-state index in [0.717, 1.165) is 18.4 Å². The van der Waals surface area contributed by atoms with Crippen LogP contribution >= 0.6 is 0 Å². The van der Waals surface area contributed by atoms with Gasteiger partial charge in [0.05, 0.1) is 0 Å². The number of nitrogens with one attached hydrogen (secondary N) is 1. The van der Waals surface area contributed by atoms with Gasteiger partial charge in [-0.2, -0.15) is 0 Å². The Kier molecular flexibility index (Phi) is 10.5. The van der Waals surface area contributed by atoms with E-state index in [9.17, 15) is 18.0 Å². The van der Waals surface area contributed by atoms with Gasteiger partial charge in [-0.1, -0.05) is 27.7 Å². The van der Waals surface area contributed by atoms with Gasteiger partial charge in [-0.15, -0.1) is 0 Å². The molecule has 0 aliphatic rings. The molecule has 0 aromatic carbocycles. The monoisotopic (exact) mass is 495 g/mol. The second kappa shape index (κ2) is 12.4. The molecule has 2 heterocycles. The van der Waals surface area contributed by atoms with Gasteiger partial charge < -0.3 is 15.5 Å². The van der Waals surface area contributed by atoms with E-state index in [4.69, 9.17) is 10.2 Å². The molecule has 0 fully saturated rings. The Morgan fingerprint density at radius 2 is 1.26 bits per heavy atom. The number of aromatic carboxylic acids is 2. The molecule has 2 aromatic rings. The van der Waals surface area contributed by atoms with Gasteiger partial charge in [0.1, 0.15) is 0 Å². The van der Waals surface area contributed by atoms with Crippen molar-refractivity contribution in [3.05, 3.63) is 34.9 Å². The van der Waals surface area contributed by atoms with Crippen molar-refractivity contribution < 1.29 is 28.2 Å². The lowest BCUT2D eigenvalue weighted by molar-refractivity contribution is 0.0679. The fraction of sp³-hybridized carbons (Fsp3) is 0.545. The molecule has 0 bridgehead atoms. The second-order valence-electron chi connectivity index (χ2n) is 8.97. The third kappa shape index (κ3) is 10.2. The molecule has 0 radical (unpaired) electrons. The van der Waals surface area contributed by atoms with E-state index in [-0.39, 0.29) is 23.3 Å². The van der Waals surface area contributed by atoms with Gasteiger partial charge in [0, 0.05) is 23.7 Å². The van der Waals surface area contributed by atoms with E-state index in [1.807, 2.05) is 27.7 Å². The molecular weight excluding hydrogens is 462 g/mol. The number of sulfone groups is 1. The molecule has 0 unspecified atom stereocenters.